The molecule has 0 aliphatic heterocycles. The lowest BCUT2D eigenvalue weighted by Crippen LogP contribution is -3.00. The molecule has 0 aliphatic carbocycles. The Balaban J connectivity index is 0.000000845. The van der Waals surface area contributed by atoms with E-state index in [1.165, 1.54) is 11.4 Å². The van der Waals surface area contributed by atoms with Gasteiger partial charge in [0, 0.05) is 6.92 Å². The number of H-pyrrole nitrogens is 1. The van der Waals surface area contributed by atoms with E-state index in [9.17, 15) is 0 Å². The molecule has 1 N–H and O–H groups in total. The molecule has 2 nitrogen and oxygen atoms in total. The van der Waals surface area contributed by atoms with E-state index in [4.69, 9.17) is 0 Å². The van der Waals surface area contributed by atoms with Crippen molar-refractivity contribution in [3.63, 3.8) is 0 Å². The van der Waals surface area contributed by atoms with Crippen molar-refractivity contribution in [2.45, 2.75) is 6.92 Å². The molecular weight excluding hydrogens is 184 g/mol. The van der Waals surface area contributed by atoms with Gasteiger partial charge in [0.1, 0.15) is 17.6 Å². The average molecular weight is 195 g/mol. The van der Waals surface area contributed by atoms with Gasteiger partial charge in [0.15, 0.2) is 0 Å². The highest BCUT2D eigenvalue weighted by molar-refractivity contribution is 5.21. The second-order valence-corrected chi connectivity index (χ2v) is 2.83. The summed E-state index contributed by atoms with van der Waals surface area (Å²) in [4.78, 5) is 3.13. The molecule has 0 spiro atoms. The van der Waals surface area contributed by atoms with Crippen LogP contribution in [0.25, 0.3) is 5.69 Å². The summed E-state index contributed by atoms with van der Waals surface area (Å²) in [6.45, 7) is 2.04. The van der Waals surface area contributed by atoms with Crippen LogP contribution in [0.2, 0.25) is 0 Å². The fraction of sp³-hybridized carbons (Fsp3) is 0.100. The number of aromatic nitrogens is 2. The maximum absolute atomic E-state index is 3.13. The third-order valence-electron chi connectivity index (χ3n) is 1.82. The number of benzene rings is 1. The molecule has 0 radical (unpaired) electrons. The maximum atomic E-state index is 3.13. The van der Waals surface area contributed by atoms with Crippen molar-refractivity contribution in [3.05, 3.63) is 48.5 Å². The molecule has 0 aliphatic rings. The van der Waals surface area contributed by atoms with Crippen molar-refractivity contribution in [1.29, 1.82) is 0 Å². The van der Waals surface area contributed by atoms with Crippen molar-refractivity contribution < 1.29 is 17.0 Å². The molecule has 1 aromatic carbocycles. The van der Waals surface area contributed by atoms with Crippen LogP contribution in [0.15, 0.2) is 42.9 Å². The predicted octanol–water partition coefficient (Wildman–Crippen LogP) is -1.40. The molecule has 0 atom stereocenters. The Labute approximate surface area is 83.6 Å². The van der Waals surface area contributed by atoms with Gasteiger partial charge in [-0.3, -0.25) is 0 Å². The average Bonchev–Trinajstić information content (AvgIpc) is 2.54. The highest BCUT2D eigenvalue weighted by atomic mass is 35.5. The summed E-state index contributed by atoms with van der Waals surface area (Å²) in [5.74, 6) is 0. The summed E-state index contributed by atoms with van der Waals surface area (Å²) in [6, 6.07) is 10.2. The van der Waals surface area contributed by atoms with Gasteiger partial charge in [-0.05, 0) is 12.1 Å². The first-order valence-corrected chi connectivity index (χ1v) is 3.98. The Bertz CT molecular complexity index is 367. The van der Waals surface area contributed by atoms with E-state index < -0.39 is 0 Å². The van der Waals surface area contributed by atoms with Crippen LogP contribution in [0.3, 0.4) is 0 Å². The van der Waals surface area contributed by atoms with E-state index in [0.29, 0.717) is 0 Å². The van der Waals surface area contributed by atoms with Crippen LogP contribution in [0, 0.1) is 6.92 Å². The lowest BCUT2D eigenvalue weighted by atomic mass is 10.3. The quantitative estimate of drug-likeness (QED) is 0.540. The van der Waals surface area contributed by atoms with Crippen LogP contribution in [-0.2, 0) is 0 Å². The molecule has 0 saturated heterocycles. The number of para-hydroxylation sites is 1. The number of hydrogen-bond acceptors (Lipinski definition) is 0. The van der Waals surface area contributed by atoms with E-state index in [2.05, 4.69) is 27.9 Å². The fourth-order valence-electron chi connectivity index (χ4n) is 1.20. The second-order valence-electron chi connectivity index (χ2n) is 2.83. The summed E-state index contributed by atoms with van der Waals surface area (Å²) in [5.41, 5.74) is 2.35. The topological polar surface area (TPSA) is 19.7 Å². The van der Waals surface area contributed by atoms with Crippen molar-refractivity contribution >= 4 is 0 Å². The minimum absolute atomic E-state index is 0. The molecule has 2 rings (SSSR count). The van der Waals surface area contributed by atoms with Gasteiger partial charge in [-0.15, -0.1) is 0 Å². The van der Waals surface area contributed by atoms with E-state index >= 15 is 0 Å². The smallest absolute Gasteiger partial charge is 0.246 e. The fourth-order valence-corrected chi connectivity index (χ4v) is 1.20. The van der Waals surface area contributed by atoms with Gasteiger partial charge >= 0.3 is 0 Å². The Morgan fingerprint density at radius 2 is 1.85 bits per heavy atom. The number of aromatic amines is 1. The highest BCUT2D eigenvalue weighted by Crippen LogP contribution is 1.97. The summed E-state index contributed by atoms with van der Waals surface area (Å²) >= 11 is 0. The van der Waals surface area contributed by atoms with Crippen LogP contribution in [0.1, 0.15) is 5.69 Å². The third kappa shape index (κ3) is 2.10. The van der Waals surface area contributed by atoms with Gasteiger partial charge in [-0.25, -0.2) is 9.55 Å². The highest BCUT2D eigenvalue weighted by Gasteiger charge is 2.01. The molecule has 0 unspecified atom stereocenters. The molecule has 13 heavy (non-hydrogen) atoms. The number of rotatable bonds is 1. The standard InChI is InChI=1S/C10H10N2.ClH/c1-9-7-12(8-11-9)10-5-3-2-4-6-10;/h2-8H,1H3;1H. The van der Waals surface area contributed by atoms with E-state index in [-0.39, 0.29) is 12.4 Å². The van der Waals surface area contributed by atoms with Gasteiger partial charge in [0.05, 0.1) is 0 Å². The first kappa shape index (κ1) is 9.81. The van der Waals surface area contributed by atoms with Crippen LogP contribution in [0.5, 0.6) is 0 Å². The number of imidazole rings is 1. The zero-order valence-corrected chi connectivity index (χ0v) is 8.12. The van der Waals surface area contributed by atoms with Gasteiger partial charge in [0.2, 0.25) is 6.33 Å². The molecule has 1 aromatic heterocycles. The Kier molecular flexibility index (Phi) is 3.09. The van der Waals surface area contributed by atoms with Crippen molar-refractivity contribution in [3.8, 4) is 5.69 Å². The van der Waals surface area contributed by atoms with Crippen LogP contribution in [-0.4, -0.2) is 4.98 Å². The van der Waals surface area contributed by atoms with Gasteiger partial charge < -0.3 is 12.4 Å². The van der Waals surface area contributed by atoms with Crippen molar-refractivity contribution in [1.82, 2.24) is 4.98 Å². The van der Waals surface area contributed by atoms with Gasteiger partial charge in [-0.2, -0.15) is 0 Å². The normalized spacial score (nSPS) is 9.31. The number of nitrogens with one attached hydrogen (secondary N) is 1. The van der Waals surface area contributed by atoms with Crippen molar-refractivity contribution in [2.24, 2.45) is 0 Å². The van der Waals surface area contributed by atoms with Crippen LogP contribution in [0.4, 0.5) is 0 Å². The predicted molar refractivity (Wildman–Crippen MR) is 47.1 cm³/mol. The van der Waals surface area contributed by atoms with Crippen molar-refractivity contribution in [2.75, 3.05) is 0 Å². The van der Waals surface area contributed by atoms with E-state index in [0.717, 1.165) is 0 Å². The lowest BCUT2D eigenvalue weighted by Gasteiger charge is -1.91. The Morgan fingerprint density at radius 1 is 1.15 bits per heavy atom. The minimum Gasteiger partial charge on any atom is -1.00 e. The number of halogens is 1. The number of hydrogen-bond donors (Lipinski definition) is 1. The first-order chi connectivity index (χ1) is 5.86. The summed E-state index contributed by atoms with van der Waals surface area (Å²) in [7, 11) is 0. The zero-order chi connectivity index (χ0) is 8.39. The lowest BCUT2D eigenvalue weighted by molar-refractivity contribution is -0.594. The van der Waals surface area contributed by atoms with Crippen LogP contribution < -0.4 is 17.0 Å². The Morgan fingerprint density at radius 3 is 2.38 bits per heavy atom. The van der Waals surface area contributed by atoms with E-state index in [1.807, 2.05) is 31.5 Å². The summed E-state index contributed by atoms with van der Waals surface area (Å²) in [6.07, 6.45) is 4.01. The van der Waals surface area contributed by atoms with Gasteiger partial charge in [-0.1, -0.05) is 18.2 Å². The molecule has 0 fully saturated rings. The SMILES string of the molecule is Cc1c[n+](-c2ccccc2)c[nH]1.[Cl-]. The van der Waals surface area contributed by atoms with E-state index in [1.54, 1.807) is 0 Å². The monoisotopic (exact) mass is 194 g/mol. The molecule has 1 heterocycles. The Hall–Kier alpha value is -1.28. The zero-order valence-electron chi connectivity index (χ0n) is 7.37. The summed E-state index contributed by atoms with van der Waals surface area (Å²) in [5, 5.41) is 0. The largest absolute Gasteiger partial charge is 1.00 e. The number of aryl methyl sites for hydroxylation is 1. The molecule has 3 heteroatoms. The molecule has 0 bridgehead atoms. The molecule has 0 amide bonds. The number of nitrogens with zero attached hydrogens (tertiary/aromatic N) is 1. The molecule has 68 valence electrons. The second kappa shape index (κ2) is 4.10. The van der Waals surface area contributed by atoms with Gasteiger partial charge in [0.25, 0.3) is 0 Å². The summed E-state index contributed by atoms with van der Waals surface area (Å²) < 4.78 is 2.06. The maximum Gasteiger partial charge on any atom is 0.246 e. The third-order valence-corrected chi connectivity index (χ3v) is 1.82. The molecular formula is C10H11ClN2. The molecule has 0 saturated carbocycles. The minimum atomic E-state index is 0. The first-order valence-electron chi connectivity index (χ1n) is 3.98. The van der Waals surface area contributed by atoms with Crippen LogP contribution >= 0.6 is 0 Å². The molecule has 2 aromatic rings.